The summed E-state index contributed by atoms with van der Waals surface area (Å²) in [6.07, 6.45) is 0. The summed E-state index contributed by atoms with van der Waals surface area (Å²) in [5, 5.41) is 5.77. The van der Waals surface area contributed by atoms with Crippen LogP contribution in [0.15, 0.2) is 28.7 Å². The predicted molar refractivity (Wildman–Crippen MR) is 80.2 cm³/mol. The number of hydrogen-bond donors (Lipinski definition) is 2. The fraction of sp³-hybridized carbons (Fsp3) is 0.429. The molecule has 2 atom stereocenters. The Kier molecular flexibility index (Phi) is 6.67. The molecule has 0 fully saturated rings. The van der Waals surface area contributed by atoms with E-state index in [0.29, 0.717) is 6.54 Å². The van der Waals surface area contributed by atoms with Gasteiger partial charge in [-0.15, -0.1) is 0 Å². The molecule has 0 aromatic heterocycles. The van der Waals surface area contributed by atoms with Gasteiger partial charge in [0, 0.05) is 24.0 Å². The van der Waals surface area contributed by atoms with Gasteiger partial charge in [0.15, 0.2) is 0 Å². The van der Waals surface area contributed by atoms with E-state index in [9.17, 15) is 9.59 Å². The van der Waals surface area contributed by atoms with Crippen LogP contribution in [0.4, 0.5) is 0 Å². The first-order chi connectivity index (χ1) is 9.43. The summed E-state index contributed by atoms with van der Waals surface area (Å²) in [7, 11) is 1.30. The third-order valence-electron chi connectivity index (χ3n) is 2.86. The highest BCUT2D eigenvalue weighted by atomic mass is 79.9. The summed E-state index contributed by atoms with van der Waals surface area (Å²) in [6.45, 7) is 3.67. The monoisotopic (exact) mass is 342 g/mol. The zero-order valence-electron chi connectivity index (χ0n) is 11.8. The van der Waals surface area contributed by atoms with Gasteiger partial charge in [-0.25, -0.2) is 4.79 Å². The van der Waals surface area contributed by atoms with Crippen molar-refractivity contribution in [1.29, 1.82) is 0 Å². The molecule has 2 unspecified atom stereocenters. The maximum absolute atomic E-state index is 11.6. The Hall–Kier alpha value is -1.40. The van der Waals surface area contributed by atoms with Crippen molar-refractivity contribution in [2.45, 2.75) is 25.9 Å². The van der Waals surface area contributed by atoms with Crippen LogP contribution in [0, 0.1) is 0 Å². The smallest absolute Gasteiger partial charge is 0.329 e. The summed E-state index contributed by atoms with van der Waals surface area (Å²) < 4.78 is 5.68. The van der Waals surface area contributed by atoms with E-state index in [1.807, 2.05) is 31.2 Å². The van der Waals surface area contributed by atoms with Gasteiger partial charge < -0.3 is 15.4 Å². The van der Waals surface area contributed by atoms with Crippen LogP contribution in [-0.4, -0.2) is 31.6 Å². The molecule has 1 amide bonds. The van der Waals surface area contributed by atoms with Gasteiger partial charge in [-0.2, -0.15) is 0 Å². The Labute approximate surface area is 127 Å². The van der Waals surface area contributed by atoms with E-state index >= 15 is 0 Å². The minimum absolute atomic E-state index is 0.0593. The molecule has 110 valence electrons. The third kappa shape index (κ3) is 5.30. The molecule has 0 aliphatic carbocycles. The minimum atomic E-state index is -0.685. The first-order valence-electron chi connectivity index (χ1n) is 6.27. The first-order valence-corrected chi connectivity index (χ1v) is 7.07. The second kappa shape index (κ2) is 8.01. The maximum atomic E-state index is 11.6. The van der Waals surface area contributed by atoms with E-state index in [0.717, 1.165) is 10.0 Å². The van der Waals surface area contributed by atoms with Gasteiger partial charge in [0.25, 0.3) is 0 Å². The van der Waals surface area contributed by atoms with Gasteiger partial charge in [-0.05, 0) is 24.6 Å². The van der Waals surface area contributed by atoms with Crippen LogP contribution in [0.2, 0.25) is 0 Å². The van der Waals surface area contributed by atoms with Crippen LogP contribution >= 0.6 is 15.9 Å². The number of rotatable bonds is 6. The Bertz CT molecular complexity index is 462. The molecule has 1 rings (SSSR count). The molecule has 0 saturated heterocycles. The fourth-order valence-electron chi connectivity index (χ4n) is 1.74. The van der Waals surface area contributed by atoms with Crippen molar-refractivity contribution in [1.82, 2.24) is 10.6 Å². The summed E-state index contributed by atoms with van der Waals surface area (Å²) in [4.78, 5) is 22.6. The summed E-state index contributed by atoms with van der Waals surface area (Å²) in [6, 6.07) is 7.28. The highest BCUT2D eigenvalue weighted by molar-refractivity contribution is 9.10. The molecular weight excluding hydrogens is 324 g/mol. The molecule has 0 aliphatic rings. The van der Waals surface area contributed by atoms with E-state index < -0.39 is 12.0 Å². The quantitative estimate of drug-likeness (QED) is 0.773. The lowest BCUT2D eigenvalue weighted by atomic mass is 10.1. The molecule has 0 spiro atoms. The molecule has 0 aliphatic heterocycles. The third-order valence-corrected chi connectivity index (χ3v) is 3.39. The number of nitrogens with one attached hydrogen (secondary N) is 2. The highest BCUT2D eigenvalue weighted by Crippen LogP contribution is 2.16. The first kappa shape index (κ1) is 16.7. The molecule has 5 nitrogen and oxygen atoms in total. The average molecular weight is 343 g/mol. The van der Waals surface area contributed by atoms with E-state index in [-0.39, 0.29) is 11.9 Å². The normalized spacial score (nSPS) is 13.4. The average Bonchev–Trinajstić information content (AvgIpc) is 2.42. The van der Waals surface area contributed by atoms with Crippen molar-refractivity contribution in [3.8, 4) is 0 Å². The van der Waals surface area contributed by atoms with Crippen molar-refractivity contribution in [2.75, 3.05) is 13.7 Å². The molecule has 1 aromatic rings. The molecule has 0 bridgehead atoms. The van der Waals surface area contributed by atoms with Crippen molar-refractivity contribution < 1.29 is 14.3 Å². The number of halogens is 1. The van der Waals surface area contributed by atoms with Crippen molar-refractivity contribution >= 4 is 27.8 Å². The van der Waals surface area contributed by atoms with Crippen LogP contribution in [0.25, 0.3) is 0 Å². The number of benzene rings is 1. The molecule has 6 heteroatoms. The number of amides is 1. The lowest BCUT2D eigenvalue weighted by Crippen LogP contribution is -2.47. The standard InChI is InChI=1S/C14H19BrN2O3/c1-9(11-4-6-12(15)7-5-11)16-8-13(14(19)20-3)17-10(2)18/h4-7,9,13,16H,8H2,1-3H3,(H,17,18). The molecule has 1 aromatic carbocycles. The molecule has 0 saturated carbocycles. The summed E-state index contributed by atoms with van der Waals surface area (Å²) in [5.41, 5.74) is 1.10. The summed E-state index contributed by atoms with van der Waals surface area (Å²) >= 11 is 3.38. The van der Waals surface area contributed by atoms with Crippen molar-refractivity contribution in [3.63, 3.8) is 0 Å². The number of hydrogen-bond acceptors (Lipinski definition) is 4. The molecule has 0 heterocycles. The minimum Gasteiger partial charge on any atom is -0.467 e. The number of esters is 1. The van der Waals surface area contributed by atoms with Gasteiger partial charge in [-0.3, -0.25) is 4.79 Å². The second-order valence-corrected chi connectivity index (χ2v) is 5.37. The van der Waals surface area contributed by atoms with Crippen molar-refractivity contribution in [3.05, 3.63) is 34.3 Å². The maximum Gasteiger partial charge on any atom is 0.329 e. The van der Waals surface area contributed by atoms with Crippen LogP contribution in [0.3, 0.4) is 0 Å². The SMILES string of the molecule is COC(=O)C(CNC(C)c1ccc(Br)cc1)NC(C)=O. The van der Waals surface area contributed by atoms with Gasteiger partial charge in [0.2, 0.25) is 5.91 Å². The Morgan fingerprint density at radius 2 is 1.90 bits per heavy atom. The lowest BCUT2D eigenvalue weighted by molar-refractivity contribution is -0.144. The van der Waals surface area contributed by atoms with E-state index in [2.05, 4.69) is 31.3 Å². The van der Waals surface area contributed by atoms with E-state index in [1.54, 1.807) is 0 Å². The molecular formula is C14H19BrN2O3. The highest BCUT2D eigenvalue weighted by Gasteiger charge is 2.20. The molecule has 2 N–H and O–H groups in total. The van der Waals surface area contributed by atoms with Crippen LogP contribution < -0.4 is 10.6 Å². The van der Waals surface area contributed by atoms with E-state index in [4.69, 9.17) is 0 Å². The topological polar surface area (TPSA) is 67.4 Å². The van der Waals surface area contributed by atoms with Crippen molar-refractivity contribution in [2.24, 2.45) is 0 Å². The zero-order chi connectivity index (χ0) is 15.1. The van der Waals surface area contributed by atoms with Gasteiger partial charge in [-0.1, -0.05) is 28.1 Å². The number of methoxy groups -OCH3 is 1. The second-order valence-electron chi connectivity index (χ2n) is 4.46. The van der Waals surface area contributed by atoms with Gasteiger partial charge in [0.1, 0.15) is 6.04 Å². The Balaban J connectivity index is 2.59. The number of ether oxygens (including phenoxy) is 1. The van der Waals surface area contributed by atoms with E-state index in [1.165, 1.54) is 14.0 Å². The van der Waals surface area contributed by atoms with Crippen LogP contribution in [0.5, 0.6) is 0 Å². The fourth-order valence-corrected chi connectivity index (χ4v) is 2.01. The Morgan fingerprint density at radius 1 is 1.30 bits per heavy atom. The number of carbonyl (C=O) groups excluding carboxylic acids is 2. The Morgan fingerprint density at radius 3 is 2.40 bits per heavy atom. The molecule has 20 heavy (non-hydrogen) atoms. The van der Waals surface area contributed by atoms with Crippen LogP contribution in [0.1, 0.15) is 25.5 Å². The number of carbonyl (C=O) groups is 2. The van der Waals surface area contributed by atoms with Gasteiger partial charge >= 0.3 is 5.97 Å². The van der Waals surface area contributed by atoms with Gasteiger partial charge in [0.05, 0.1) is 7.11 Å². The molecule has 0 radical (unpaired) electrons. The summed E-state index contributed by atoms with van der Waals surface area (Å²) in [5.74, 6) is -0.728. The lowest BCUT2D eigenvalue weighted by Gasteiger charge is -2.20. The largest absolute Gasteiger partial charge is 0.467 e. The zero-order valence-corrected chi connectivity index (χ0v) is 13.4. The predicted octanol–water partition coefficient (Wildman–Crippen LogP) is 1.78. The van der Waals surface area contributed by atoms with Crippen LogP contribution in [-0.2, 0) is 14.3 Å².